The molecule has 0 saturated heterocycles. The van der Waals surface area contributed by atoms with Crippen molar-refractivity contribution in [1.82, 2.24) is 0 Å². The molecule has 0 bridgehead atoms. The maximum atomic E-state index is 13.1. The lowest BCUT2D eigenvalue weighted by Crippen LogP contribution is -2.30. The third-order valence-electron chi connectivity index (χ3n) is 18.4. The van der Waals surface area contributed by atoms with E-state index >= 15 is 0 Å². The highest BCUT2D eigenvalue weighted by Crippen LogP contribution is 2.45. The van der Waals surface area contributed by atoms with Gasteiger partial charge in [-0.3, -0.25) is 37.3 Å². The maximum Gasteiger partial charge on any atom is 0.472 e. The van der Waals surface area contributed by atoms with Crippen LogP contribution < -0.4 is 0 Å². The van der Waals surface area contributed by atoms with Gasteiger partial charge < -0.3 is 33.8 Å². The van der Waals surface area contributed by atoms with Gasteiger partial charge in [-0.25, -0.2) is 9.13 Å². The Morgan fingerprint density at radius 3 is 0.899 bits per heavy atom. The lowest BCUT2D eigenvalue weighted by atomic mass is 9.99. The molecule has 4 unspecified atom stereocenters. The van der Waals surface area contributed by atoms with Gasteiger partial charge in [-0.2, -0.15) is 0 Å². The molecule has 0 heterocycles. The minimum Gasteiger partial charge on any atom is -0.462 e. The van der Waals surface area contributed by atoms with E-state index in [1.54, 1.807) is 0 Å². The molecule has 0 aromatic carbocycles. The van der Waals surface area contributed by atoms with Gasteiger partial charge in [0.2, 0.25) is 0 Å². The van der Waals surface area contributed by atoms with Gasteiger partial charge in [-0.15, -0.1) is 0 Å². The summed E-state index contributed by atoms with van der Waals surface area (Å²) in [6.07, 6.45) is 60.4. The quantitative estimate of drug-likeness (QED) is 0.0169. The van der Waals surface area contributed by atoms with Crippen LogP contribution in [0.15, 0.2) is 24.3 Å². The van der Waals surface area contributed by atoms with Crippen LogP contribution in [-0.2, 0) is 65.4 Å². The average molecular weight is 1450 g/mol. The van der Waals surface area contributed by atoms with E-state index in [0.717, 1.165) is 127 Å². The molecule has 0 aliphatic heterocycles. The third-order valence-corrected chi connectivity index (χ3v) is 20.3. The molecule has 584 valence electrons. The second-order valence-electron chi connectivity index (χ2n) is 29.3. The van der Waals surface area contributed by atoms with E-state index in [9.17, 15) is 43.2 Å². The summed E-state index contributed by atoms with van der Waals surface area (Å²) in [4.78, 5) is 73.0. The van der Waals surface area contributed by atoms with Gasteiger partial charge in [-0.1, -0.05) is 336 Å². The predicted molar refractivity (Wildman–Crippen MR) is 404 cm³/mol. The van der Waals surface area contributed by atoms with Crippen molar-refractivity contribution in [3.05, 3.63) is 24.3 Å². The zero-order valence-corrected chi connectivity index (χ0v) is 66.2. The molecule has 0 aliphatic carbocycles. The number of hydrogen-bond donors (Lipinski definition) is 3. The molecule has 0 spiro atoms. The van der Waals surface area contributed by atoms with E-state index in [4.69, 9.17) is 37.0 Å². The highest BCUT2D eigenvalue weighted by atomic mass is 31.2. The van der Waals surface area contributed by atoms with Gasteiger partial charge in [-0.05, 0) is 69.1 Å². The fraction of sp³-hybridized carbons (Fsp3) is 0.900. The molecule has 3 N–H and O–H groups in total. The number of unbranched alkanes of at least 4 members (excludes halogenated alkanes) is 40. The number of phosphoric ester groups is 2. The number of rotatable bonds is 76. The van der Waals surface area contributed by atoms with Crippen molar-refractivity contribution in [2.75, 3.05) is 39.6 Å². The smallest absolute Gasteiger partial charge is 0.462 e. The number of carbonyl (C=O) groups excluding carboxylic acids is 4. The van der Waals surface area contributed by atoms with Crippen LogP contribution in [0.2, 0.25) is 0 Å². The molecule has 17 nitrogen and oxygen atoms in total. The van der Waals surface area contributed by atoms with Crippen molar-refractivity contribution in [1.29, 1.82) is 0 Å². The molecule has 99 heavy (non-hydrogen) atoms. The molecular formula is C80H152O17P2. The molecule has 0 aliphatic rings. The van der Waals surface area contributed by atoms with Crippen molar-refractivity contribution in [2.45, 2.75) is 407 Å². The van der Waals surface area contributed by atoms with Crippen LogP contribution in [0.4, 0.5) is 0 Å². The van der Waals surface area contributed by atoms with Crippen LogP contribution >= 0.6 is 15.6 Å². The minimum absolute atomic E-state index is 0.100. The SMILES string of the molecule is CCCCCC/C=C\C=C/CCCCCCCC(=O)OC[C@H](COP(=O)(O)OCC(O)COP(=O)(O)OC[C@@H](COC(=O)CCCCCCCCCC(C)C)OC(=O)CCCCCCCCCCCCCCCC(C)C)OC(=O)CCCCCCCCCCCCCCCCC(C)CC. The van der Waals surface area contributed by atoms with Gasteiger partial charge in [0.15, 0.2) is 12.2 Å². The fourth-order valence-corrected chi connectivity index (χ4v) is 13.3. The van der Waals surface area contributed by atoms with E-state index in [-0.39, 0.29) is 25.7 Å². The molecule has 0 aromatic rings. The standard InChI is InChI=1S/C80H152O17P2/c1-8-10-11-12-13-14-15-16-17-23-28-33-40-47-54-61-77(82)90-67-75(96-79(84)63-56-49-41-34-29-24-19-18-22-27-32-39-46-53-60-73(7)9-2)69-94-98(86,87)92-65-74(81)66-93-99(88,89)95-70-76(68-91-78(83)62-55-48-43-36-38-45-52-59-72(5)6)97-80(85)64-57-50-42-35-30-25-20-21-26-31-37-44-51-58-71(3)4/h14-17,71-76,81H,8-13,18-70H2,1-7H3,(H,86,87)(H,88,89)/b15-14-,17-16-/t73?,74?,75-,76-/m1/s1. The number of hydrogen-bond acceptors (Lipinski definition) is 15. The van der Waals surface area contributed by atoms with Crippen LogP contribution in [0.1, 0.15) is 389 Å². The zero-order chi connectivity index (χ0) is 73.0. The highest BCUT2D eigenvalue weighted by molar-refractivity contribution is 7.47. The van der Waals surface area contributed by atoms with Gasteiger partial charge in [0.25, 0.3) is 0 Å². The molecule has 0 saturated carbocycles. The molecule has 0 amide bonds. The Kier molecular flexibility index (Phi) is 68.1. The Hall–Kier alpha value is -2.46. The molecule has 0 rings (SSSR count). The monoisotopic (exact) mass is 1450 g/mol. The fourth-order valence-electron chi connectivity index (χ4n) is 11.7. The van der Waals surface area contributed by atoms with Crippen molar-refractivity contribution in [3.8, 4) is 0 Å². The number of aliphatic hydroxyl groups is 1. The van der Waals surface area contributed by atoms with E-state index in [1.165, 1.54) is 173 Å². The first-order valence-corrected chi connectivity index (χ1v) is 43.7. The first-order chi connectivity index (χ1) is 47.8. The van der Waals surface area contributed by atoms with E-state index in [2.05, 4.69) is 72.8 Å². The summed E-state index contributed by atoms with van der Waals surface area (Å²) in [7, 11) is -9.93. The summed E-state index contributed by atoms with van der Waals surface area (Å²) < 4.78 is 68.6. The van der Waals surface area contributed by atoms with E-state index < -0.39 is 97.5 Å². The summed E-state index contributed by atoms with van der Waals surface area (Å²) in [6.45, 7) is 11.9. The Morgan fingerprint density at radius 1 is 0.333 bits per heavy atom. The van der Waals surface area contributed by atoms with Gasteiger partial charge in [0, 0.05) is 25.7 Å². The van der Waals surface area contributed by atoms with Crippen molar-refractivity contribution < 1.29 is 80.2 Å². The summed E-state index contributed by atoms with van der Waals surface area (Å²) in [5.74, 6) is 0.189. The second kappa shape index (κ2) is 69.9. The Morgan fingerprint density at radius 2 is 0.596 bits per heavy atom. The first kappa shape index (κ1) is 96.5. The van der Waals surface area contributed by atoms with Gasteiger partial charge >= 0.3 is 39.5 Å². The summed E-state index contributed by atoms with van der Waals surface area (Å²) in [5.41, 5.74) is 0. The summed E-state index contributed by atoms with van der Waals surface area (Å²) in [6, 6.07) is 0. The number of aliphatic hydroxyl groups excluding tert-OH is 1. The van der Waals surface area contributed by atoms with Crippen molar-refractivity contribution in [2.24, 2.45) is 17.8 Å². The number of carbonyl (C=O) groups is 4. The van der Waals surface area contributed by atoms with Crippen LogP contribution in [-0.4, -0.2) is 96.7 Å². The van der Waals surface area contributed by atoms with Crippen molar-refractivity contribution in [3.63, 3.8) is 0 Å². The first-order valence-electron chi connectivity index (χ1n) is 40.7. The number of phosphoric acid groups is 2. The summed E-state index contributed by atoms with van der Waals surface area (Å²) >= 11 is 0. The number of esters is 4. The Labute approximate surface area is 605 Å². The highest BCUT2D eigenvalue weighted by Gasteiger charge is 2.30. The number of ether oxygens (including phenoxy) is 4. The summed E-state index contributed by atoms with van der Waals surface area (Å²) in [5, 5.41) is 10.6. The van der Waals surface area contributed by atoms with Gasteiger partial charge in [0.1, 0.15) is 19.3 Å². The molecule has 0 aromatic heterocycles. The van der Waals surface area contributed by atoms with E-state index in [1.807, 2.05) is 0 Å². The van der Waals surface area contributed by atoms with Crippen LogP contribution in [0.25, 0.3) is 0 Å². The van der Waals surface area contributed by atoms with Crippen LogP contribution in [0.3, 0.4) is 0 Å². The average Bonchev–Trinajstić information content (AvgIpc) is 1.10. The zero-order valence-electron chi connectivity index (χ0n) is 64.4. The molecule has 0 fully saturated rings. The van der Waals surface area contributed by atoms with Gasteiger partial charge in [0.05, 0.1) is 26.4 Å². The molecule has 0 radical (unpaired) electrons. The normalized spacial score (nSPS) is 14.4. The molecular weight excluding hydrogens is 1290 g/mol. The molecule has 6 atom stereocenters. The second-order valence-corrected chi connectivity index (χ2v) is 32.2. The maximum absolute atomic E-state index is 13.1. The van der Waals surface area contributed by atoms with Crippen LogP contribution in [0, 0.1) is 17.8 Å². The Bertz CT molecular complexity index is 2020. The van der Waals surface area contributed by atoms with E-state index in [0.29, 0.717) is 31.6 Å². The Balaban J connectivity index is 5.28. The topological polar surface area (TPSA) is 237 Å². The molecule has 19 heteroatoms. The van der Waals surface area contributed by atoms with Crippen LogP contribution in [0.5, 0.6) is 0 Å². The number of allylic oxidation sites excluding steroid dienone is 4. The third kappa shape index (κ3) is 72.3. The lowest BCUT2D eigenvalue weighted by Gasteiger charge is -2.21. The predicted octanol–water partition coefficient (Wildman–Crippen LogP) is 23.3. The lowest BCUT2D eigenvalue weighted by molar-refractivity contribution is -0.161. The van der Waals surface area contributed by atoms with Crippen molar-refractivity contribution >= 4 is 39.5 Å². The largest absolute Gasteiger partial charge is 0.472 e. The minimum atomic E-state index is -4.97.